The third-order valence-electron chi connectivity index (χ3n) is 5.83. The maximum Gasteiger partial charge on any atom is 0.348 e. The molecule has 0 unspecified atom stereocenters. The molecule has 0 amide bonds. The molecular formula is C25H27ClN2O3S2. The number of ether oxygens (including phenoxy) is 1. The molecule has 0 fully saturated rings. The van der Waals surface area contributed by atoms with Crippen molar-refractivity contribution in [3.05, 3.63) is 67.3 Å². The monoisotopic (exact) mass is 502 g/mol. The SMILES string of the molecule is CCOC(=O)c1sc2nc(SCc3ccccc3Cl)n(CCC3=CCCCC3)c(=O)c2c1C. The van der Waals surface area contributed by atoms with Crippen molar-refractivity contribution in [2.45, 2.75) is 63.4 Å². The summed E-state index contributed by atoms with van der Waals surface area (Å²) in [6, 6.07) is 7.71. The first-order chi connectivity index (χ1) is 16.0. The lowest BCUT2D eigenvalue weighted by molar-refractivity contribution is 0.0531. The molecule has 1 aromatic carbocycles. The molecular weight excluding hydrogens is 476 g/mol. The highest BCUT2D eigenvalue weighted by atomic mass is 35.5. The topological polar surface area (TPSA) is 61.2 Å². The summed E-state index contributed by atoms with van der Waals surface area (Å²) in [5.74, 6) is 0.205. The normalized spacial score (nSPS) is 13.8. The Hall–Kier alpha value is -2.09. The third kappa shape index (κ3) is 5.36. The molecule has 0 saturated carbocycles. The Bertz CT molecular complexity index is 1260. The standard InChI is InChI=1S/C25H27ClN2O3S2/c1-3-31-24(30)21-16(2)20-22(33-21)27-25(32-15-18-11-7-8-12-19(18)26)28(23(20)29)14-13-17-9-5-4-6-10-17/h7-9,11-12H,3-6,10,13-15H2,1-2H3. The van der Waals surface area contributed by atoms with Crippen LogP contribution >= 0.6 is 34.7 Å². The summed E-state index contributed by atoms with van der Waals surface area (Å²) >= 11 is 9.08. The molecule has 2 aromatic heterocycles. The molecule has 8 heteroatoms. The van der Waals surface area contributed by atoms with Crippen molar-refractivity contribution < 1.29 is 9.53 Å². The predicted molar refractivity (Wildman–Crippen MR) is 137 cm³/mol. The minimum atomic E-state index is -0.401. The summed E-state index contributed by atoms with van der Waals surface area (Å²) < 4.78 is 6.96. The Kier molecular flexibility index (Phi) is 7.94. The number of fused-ring (bicyclic) bond motifs is 1. The van der Waals surface area contributed by atoms with Gasteiger partial charge < -0.3 is 4.74 Å². The molecule has 0 saturated heterocycles. The quantitative estimate of drug-likeness (QED) is 0.147. The van der Waals surface area contributed by atoms with Gasteiger partial charge in [0.1, 0.15) is 9.71 Å². The number of hydrogen-bond donors (Lipinski definition) is 0. The molecule has 4 rings (SSSR count). The van der Waals surface area contributed by atoms with E-state index in [0.29, 0.717) is 43.1 Å². The van der Waals surface area contributed by atoms with Crippen LogP contribution in [-0.2, 0) is 17.0 Å². The number of rotatable bonds is 8. The zero-order chi connectivity index (χ0) is 23.4. The van der Waals surface area contributed by atoms with Crippen molar-refractivity contribution >= 4 is 50.9 Å². The predicted octanol–water partition coefficient (Wildman–Crippen LogP) is 6.78. The number of hydrogen-bond acceptors (Lipinski definition) is 6. The Balaban J connectivity index is 1.73. The average Bonchev–Trinajstić information content (AvgIpc) is 3.15. The number of nitrogens with zero attached hydrogens (tertiary/aromatic N) is 2. The fraction of sp³-hybridized carbons (Fsp3) is 0.400. The van der Waals surface area contributed by atoms with E-state index in [1.54, 1.807) is 18.4 Å². The lowest BCUT2D eigenvalue weighted by atomic mass is 9.97. The summed E-state index contributed by atoms with van der Waals surface area (Å²) in [5, 5.41) is 1.87. The van der Waals surface area contributed by atoms with Crippen LogP contribution in [0.5, 0.6) is 0 Å². The summed E-state index contributed by atoms with van der Waals surface area (Å²) in [6.07, 6.45) is 7.80. The molecule has 0 aliphatic heterocycles. The third-order valence-corrected chi connectivity index (χ3v) is 8.39. The molecule has 33 heavy (non-hydrogen) atoms. The van der Waals surface area contributed by atoms with Gasteiger partial charge in [-0.1, -0.05) is 53.2 Å². The van der Waals surface area contributed by atoms with E-state index in [0.717, 1.165) is 24.8 Å². The Morgan fingerprint density at radius 1 is 1.30 bits per heavy atom. The van der Waals surface area contributed by atoms with E-state index < -0.39 is 5.97 Å². The largest absolute Gasteiger partial charge is 0.462 e. The van der Waals surface area contributed by atoms with Gasteiger partial charge in [0.15, 0.2) is 5.16 Å². The van der Waals surface area contributed by atoms with Crippen LogP contribution in [-0.4, -0.2) is 22.1 Å². The van der Waals surface area contributed by atoms with Crippen LogP contribution in [0.3, 0.4) is 0 Å². The summed E-state index contributed by atoms with van der Waals surface area (Å²) in [6.45, 7) is 4.44. The molecule has 0 radical (unpaired) electrons. The van der Waals surface area contributed by atoms with Crippen molar-refractivity contribution in [2.75, 3.05) is 6.61 Å². The van der Waals surface area contributed by atoms with Crippen molar-refractivity contribution in [1.82, 2.24) is 9.55 Å². The number of carbonyl (C=O) groups excluding carboxylic acids is 1. The Morgan fingerprint density at radius 2 is 2.12 bits per heavy atom. The first-order valence-electron chi connectivity index (χ1n) is 11.2. The van der Waals surface area contributed by atoms with Crippen LogP contribution in [0.15, 0.2) is 45.9 Å². The van der Waals surface area contributed by atoms with Crippen LogP contribution in [0.25, 0.3) is 10.2 Å². The number of carbonyl (C=O) groups is 1. The number of halogens is 1. The number of aryl methyl sites for hydroxylation is 1. The Labute approximate surface area is 206 Å². The average molecular weight is 503 g/mol. The van der Waals surface area contributed by atoms with Gasteiger partial charge in [0.05, 0.1) is 12.0 Å². The fourth-order valence-electron chi connectivity index (χ4n) is 4.04. The van der Waals surface area contributed by atoms with E-state index in [1.165, 1.54) is 41.5 Å². The van der Waals surface area contributed by atoms with Crippen LogP contribution in [0.2, 0.25) is 5.02 Å². The molecule has 0 atom stereocenters. The molecule has 0 N–H and O–H groups in total. The van der Waals surface area contributed by atoms with Crippen molar-refractivity contribution in [3.63, 3.8) is 0 Å². The van der Waals surface area contributed by atoms with Gasteiger partial charge >= 0.3 is 5.97 Å². The molecule has 0 spiro atoms. The molecule has 1 aliphatic carbocycles. The van der Waals surface area contributed by atoms with Crippen LogP contribution in [0, 0.1) is 6.92 Å². The van der Waals surface area contributed by atoms with E-state index in [9.17, 15) is 9.59 Å². The van der Waals surface area contributed by atoms with Crippen LogP contribution < -0.4 is 5.56 Å². The first kappa shape index (κ1) is 24.0. The van der Waals surface area contributed by atoms with Gasteiger partial charge in [-0.25, -0.2) is 9.78 Å². The molecule has 2 heterocycles. The molecule has 0 bridgehead atoms. The summed E-state index contributed by atoms with van der Waals surface area (Å²) in [7, 11) is 0. The number of allylic oxidation sites excluding steroid dienone is 2. The maximum atomic E-state index is 13.6. The second-order valence-corrected chi connectivity index (χ2v) is 10.4. The van der Waals surface area contributed by atoms with Crippen molar-refractivity contribution in [2.24, 2.45) is 0 Å². The lowest BCUT2D eigenvalue weighted by Gasteiger charge is -2.16. The van der Waals surface area contributed by atoms with Gasteiger partial charge in [0.2, 0.25) is 0 Å². The van der Waals surface area contributed by atoms with E-state index in [1.807, 2.05) is 24.3 Å². The number of thioether (sulfide) groups is 1. The zero-order valence-electron chi connectivity index (χ0n) is 18.9. The number of esters is 1. The number of benzene rings is 1. The van der Waals surface area contributed by atoms with Gasteiger partial charge in [-0.05, 0) is 63.1 Å². The second-order valence-electron chi connectivity index (χ2n) is 8.05. The van der Waals surface area contributed by atoms with Crippen LogP contribution in [0.4, 0.5) is 0 Å². The van der Waals surface area contributed by atoms with Gasteiger partial charge in [-0.2, -0.15) is 0 Å². The molecule has 174 valence electrons. The molecule has 1 aliphatic rings. The van der Waals surface area contributed by atoms with Gasteiger partial charge in [-0.15, -0.1) is 11.3 Å². The number of aromatic nitrogens is 2. The summed E-state index contributed by atoms with van der Waals surface area (Å²) in [4.78, 5) is 31.9. The zero-order valence-corrected chi connectivity index (χ0v) is 21.2. The van der Waals surface area contributed by atoms with E-state index in [4.69, 9.17) is 21.3 Å². The maximum absolute atomic E-state index is 13.6. The van der Waals surface area contributed by atoms with E-state index in [2.05, 4.69) is 6.08 Å². The van der Waals surface area contributed by atoms with Gasteiger partial charge in [-0.3, -0.25) is 9.36 Å². The van der Waals surface area contributed by atoms with Gasteiger partial charge in [0.25, 0.3) is 5.56 Å². The highest BCUT2D eigenvalue weighted by Gasteiger charge is 2.23. The second kappa shape index (κ2) is 10.9. The Morgan fingerprint density at radius 3 is 2.85 bits per heavy atom. The number of thiophene rings is 1. The van der Waals surface area contributed by atoms with E-state index >= 15 is 0 Å². The molecule has 3 aromatic rings. The highest BCUT2D eigenvalue weighted by Crippen LogP contribution is 2.32. The fourth-order valence-corrected chi connectivity index (χ4v) is 6.47. The minimum Gasteiger partial charge on any atom is -0.462 e. The first-order valence-corrected chi connectivity index (χ1v) is 13.4. The summed E-state index contributed by atoms with van der Waals surface area (Å²) in [5.41, 5.74) is 2.96. The van der Waals surface area contributed by atoms with Crippen LogP contribution in [0.1, 0.15) is 59.8 Å². The minimum absolute atomic E-state index is 0.0950. The smallest absolute Gasteiger partial charge is 0.348 e. The van der Waals surface area contributed by atoms with Crippen molar-refractivity contribution in [3.8, 4) is 0 Å². The lowest BCUT2D eigenvalue weighted by Crippen LogP contribution is -2.24. The highest BCUT2D eigenvalue weighted by molar-refractivity contribution is 7.98. The molecule has 5 nitrogen and oxygen atoms in total. The van der Waals surface area contributed by atoms with E-state index in [-0.39, 0.29) is 12.2 Å². The van der Waals surface area contributed by atoms with Gasteiger partial charge in [0, 0.05) is 17.3 Å². The van der Waals surface area contributed by atoms with Crippen molar-refractivity contribution in [1.29, 1.82) is 0 Å².